The van der Waals surface area contributed by atoms with E-state index in [4.69, 9.17) is 14.2 Å². The summed E-state index contributed by atoms with van der Waals surface area (Å²) >= 11 is 0. The molecule has 1 aliphatic heterocycles. The summed E-state index contributed by atoms with van der Waals surface area (Å²) < 4.78 is 15.2. The topological polar surface area (TPSA) is 73.9 Å². The maximum atomic E-state index is 11.6. The van der Waals surface area contributed by atoms with E-state index in [1.54, 1.807) is 32.0 Å². The summed E-state index contributed by atoms with van der Waals surface area (Å²) in [5.74, 6) is 0.257. The van der Waals surface area contributed by atoms with Crippen molar-refractivity contribution in [2.45, 2.75) is 13.8 Å². The largest absolute Gasteiger partial charge is 0.454 e. The minimum absolute atomic E-state index is 0.174. The van der Waals surface area contributed by atoms with Crippen molar-refractivity contribution >= 4 is 17.6 Å². The highest BCUT2D eigenvalue weighted by Gasteiger charge is 2.14. The Hall–Kier alpha value is -2.50. The van der Waals surface area contributed by atoms with E-state index in [9.17, 15) is 9.59 Å². The van der Waals surface area contributed by atoms with Crippen molar-refractivity contribution in [2.75, 3.05) is 18.7 Å². The molecule has 0 saturated carbocycles. The van der Waals surface area contributed by atoms with Gasteiger partial charge in [0.15, 0.2) is 18.1 Å². The summed E-state index contributed by atoms with van der Waals surface area (Å²) in [5, 5.41) is 2.61. The molecule has 1 N–H and O–H groups in total. The molecule has 0 saturated heterocycles. The quantitative estimate of drug-likeness (QED) is 0.671. The van der Waals surface area contributed by atoms with Gasteiger partial charge >= 0.3 is 5.97 Å². The predicted molar refractivity (Wildman–Crippen MR) is 71.6 cm³/mol. The van der Waals surface area contributed by atoms with Crippen molar-refractivity contribution in [2.24, 2.45) is 0 Å². The molecule has 0 unspecified atom stereocenters. The van der Waals surface area contributed by atoms with E-state index in [0.717, 1.165) is 5.57 Å². The molecule has 0 bridgehead atoms. The molecule has 0 radical (unpaired) electrons. The molecule has 0 fully saturated rings. The molecule has 1 aromatic rings. The zero-order chi connectivity index (χ0) is 14.5. The van der Waals surface area contributed by atoms with E-state index in [-0.39, 0.29) is 13.4 Å². The first-order chi connectivity index (χ1) is 9.54. The fourth-order valence-electron chi connectivity index (χ4n) is 1.59. The molecule has 0 aromatic heterocycles. The molecule has 106 valence electrons. The lowest BCUT2D eigenvalue weighted by atomic mass is 10.3. The Morgan fingerprint density at radius 3 is 2.80 bits per heavy atom. The Kier molecular flexibility index (Phi) is 4.24. The first-order valence-electron chi connectivity index (χ1n) is 6.06. The number of ether oxygens (including phenoxy) is 3. The second kappa shape index (κ2) is 6.10. The smallest absolute Gasteiger partial charge is 0.331 e. The second-order valence-corrected chi connectivity index (χ2v) is 4.45. The zero-order valence-corrected chi connectivity index (χ0v) is 11.3. The number of carbonyl (C=O) groups excluding carboxylic acids is 2. The third-order valence-corrected chi connectivity index (χ3v) is 2.41. The van der Waals surface area contributed by atoms with Crippen molar-refractivity contribution < 1.29 is 23.8 Å². The van der Waals surface area contributed by atoms with Gasteiger partial charge in [0.2, 0.25) is 6.79 Å². The summed E-state index contributed by atoms with van der Waals surface area (Å²) in [7, 11) is 0. The minimum Gasteiger partial charge on any atom is -0.454 e. The van der Waals surface area contributed by atoms with Crippen LogP contribution >= 0.6 is 0 Å². The van der Waals surface area contributed by atoms with Gasteiger partial charge in [-0.25, -0.2) is 4.79 Å². The first kappa shape index (κ1) is 13.9. The Morgan fingerprint density at radius 2 is 2.05 bits per heavy atom. The average molecular weight is 277 g/mol. The zero-order valence-electron chi connectivity index (χ0n) is 11.3. The summed E-state index contributed by atoms with van der Waals surface area (Å²) in [6.07, 6.45) is 1.33. The summed E-state index contributed by atoms with van der Waals surface area (Å²) in [4.78, 5) is 22.9. The van der Waals surface area contributed by atoms with Crippen LogP contribution in [0.2, 0.25) is 0 Å². The predicted octanol–water partition coefficient (Wildman–Crippen LogP) is 1.86. The standard InChI is InChI=1S/C14H15NO5/c1-9(2)5-14(17)18-7-13(16)15-10-3-4-11-12(6-10)20-8-19-11/h3-6H,7-8H2,1-2H3,(H,15,16). The molecule has 2 rings (SSSR count). The van der Waals surface area contributed by atoms with E-state index in [0.29, 0.717) is 17.2 Å². The number of nitrogens with one attached hydrogen (secondary N) is 1. The molecule has 20 heavy (non-hydrogen) atoms. The molecule has 1 heterocycles. The average Bonchev–Trinajstić information content (AvgIpc) is 2.83. The van der Waals surface area contributed by atoms with Crippen LogP contribution < -0.4 is 14.8 Å². The second-order valence-electron chi connectivity index (χ2n) is 4.45. The first-order valence-corrected chi connectivity index (χ1v) is 6.06. The van der Waals surface area contributed by atoms with E-state index in [2.05, 4.69) is 5.32 Å². The van der Waals surface area contributed by atoms with Crippen molar-refractivity contribution in [3.63, 3.8) is 0 Å². The third-order valence-electron chi connectivity index (χ3n) is 2.41. The van der Waals surface area contributed by atoms with Gasteiger partial charge in [-0.1, -0.05) is 5.57 Å². The maximum Gasteiger partial charge on any atom is 0.331 e. The van der Waals surface area contributed by atoms with Gasteiger partial charge in [0.1, 0.15) is 0 Å². The number of fused-ring (bicyclic) bond motifs is 1. The molecular weight excluding hydrogens is 262 g/mol. The SMILES string of the molecule is CC(C)=CC(=O)OCC(=O)Nc1ccc2c(c1)OCO2. The molecule has 6 heteroatoms. The number of carbonyl (C=O) groups is 2. The van der Waals surface area contributed by atoms with Gasteiger partial charge in [0.05, 0.1) is 0 Å². The molecular formula is C14H15NO5. The summed E-state index contributed by atoms with van der Waals surface area (Å²) in [5.41, 5.74) is 1.36. The van der Waals surface area contributed by atoms with Crippen LogP contribution in [-0.4, -0.2) is 25.3 Å². The van der Waals surface area contributed by atoms with Crippen molar-refractivity contribution in [3.8, 4) is 11.5 Å². The van der Waals surface area contributed by atoms with Crippen LogP contribution in [0.5, 0.6) is 11.5 Å². The molecule has 0 atom stereocenters. The van der Waals surface area contributed by atoms with Crippen LogP contribution in [0.15, 0.2) is 29.8 Å². The van der Waals surface area contributed by atoms with Crippen molar-refractivity contribution in [1.29, 1.82) is 0 Å². The summed E-state index contributed by atoms with van der Waals surface area (Å²) in [6, 6.07) is 5.04. The monoisotopic (exact) mass is 277 g/mol. The molecule has 0 spiro atoms. The summed E-state index contributed by atoms with van der Waals surface area (Å²) in [6.45, 7) is 3.38. The lowest BCUT2D eigenvalue weighted by Crippen LogP contribution is -2.20. The number of benzene rings is 1. The number of esters is 1. The van der Waals surface area contributed by atoms with Gasteiger partial charge in [-0.3, -0.25) is 4.79 Å². The fraction of sp³-hybridized carbons (Fsp3) is 0.286. The number of anilines is 1. The lowest BCUT2D eigenvalue weighted by molar-refractivity contribution is -0.142. The third kappa shape index (κ3) is 3.74. The number of hydrogen-bond donors (Lipinski definition) is 1. The molecule has 6 nitrogen and oxygen atoms in total. The Bertz CT molecular complexity index is 561. The number of hydrogen-bond acceptors (Lipinski definition) is 5. The Balaban J connectivity index is 1.86. The molecule has 1 aliphatic rings. The van der Waals surface area contributed by atoms with Gasteiger partial charge in [-0.05, 0) is 26.0 Å². The van der Waals surface area contributed by atoms with Crippen LogP contribution in [0.4, 0.5) is 5.69 Å². The van der Waals surface area contributed by atoms with Gasteiger partial charge in [0.25, 0.3) is 5.91 Å². The van der Waals surface area contributed by atoms with Crippen LogP contribution in [0.25, 0.3) is 0 Å². The van der Waals surface area contributed by atoms with E-state index in [1.165, 1.54) is 6.08 Å². The van der Waals surface area contributed by atoms with Crippen LogP contribution in [-0.2, 0) is 14.3 Å². The highest BCUT2D eigenvalue weighted by Crippen LogP contribution is 2.34. The van der Waals surface area contributed by atoms with Gasteiger partial charge in [0, 0.05) is 17.8 Å². The van der Waals surface area contributed by atoms with E-state index >= 15 is 0 Å². The lowest BCUT2D eigenvalue weighted by Gasteiger charge is -2.06. The van der Waals surface area contributed by atoms with Crippen LogP contribution in [0, 0.1) is 0 Å². The van der Waals surface area contributed by atoms with Crippen molar-refractivity contribution in [1.82, 2.24) is 0 Å². The normalized spacial score (nSPS) is 11.7. The molecule has 0 aliphatic carbocycles. The van der Waals surface area contributed by atoms with E-state index < -0.39 is 11.9 Å². The highest BCUT2D eigenvalue weighted by atomic mass is 16.7. The van der Waals surface area contributed by atoms with Crippen LogP contribution in [0.3, 0.4) is 0 Å². The van der Waals surface area contributed by atoms with Gasteiger partial charge in [-0.15, -0.1) is 0 Å². The maximum absolute atomic E-state index is 11.6. The highest BCUT2D eigenvalue weighted by molar-refractivity contribution is 5.94. The van der Waals surface area contributed by atoms with Crippen LogP contribution in [0.1, 0.15) is 13.8 Å². The number of amides is 1. The Labute approximate surface area is 116 Å². The molecule has 1 amide bonds. The number of allylic oxidation sites excluding steroid dienone is 1. The van der Waals surface area contributed by atoms with Gasteiger partial charge in [-0.2, -0.15) is 0 Å². The van der Waals surface area contributed by atoms with Crippen molar-refractivity contribution in [3.05, 3.63) is 29.8 Å². The Morgan fingerprint density at radius 1 is 1.30 bits per heavy atom. The van der Waals surface area contributed by atoms with E-state index in [1.807, 2.05) is 0 Å². The fourth-order valence-corrected chi connectivity index (χ4v) is 1.59. The number of rotatable bonds is 4. The molecule has 1 aromatic carbocycles. The minimum atomic E-state index is -0.536. The van der Waals surface area contributed by atoms with Gasteiger partial charge < -0.3 is 19.5 Å².